The number of carbonyl (C=O) groups is 1. The van der Waals surface area contributed by atoms with Gasteiger partial charge in [-0.15, -0.1) is 0 Å². The molecule has 0 bridgehead atoms. The molecule has 2 aromatic carbocycles. The summed E-state index contributed by atoms with van der Waals surface area (Å²) in [7, 11) is 0. The maximum absolute atomic E-state index is 12.1. The molecule has 0 heterocycles. The summed E-state index contributed by atoms with van der Waals surface area (Å²) in [6.07, 6.45) is 6.92. The van der Waals surface area contributed by atoms with Crippen LogP contribution in [0.4, 0.5) is 5.69 Å². The summed E-state index contributed by atoms with van der Waals surface area (Å²) < 4.78 is 5.66. The highest BCUT2D eigenvalue weighted by Crippen LogP contribution is 2.16. The molecule has 0 saturated heterocycles. The van der Waals surface area contributed by atoms with E-state index in [4.69, 9.17) is 4.74 Å². The molecule has 3 nitrogen and oxygen atoms in total. The number of rotatable bonds is 8. The van der Waals surface area contributed by atoms with Crippen molar-refractivity contribution in [2.75, 3.05) is 5.32 Å². The quantitative estimate of drug-likeness (QED) is 0.649. The molecular weight excluding hydrogens is 310 g/mol. The van der Waals surface area contributed by atoms with E-state index in [0.717, 1.165) is 23.4 Å². The lowest BCUT2D eigenvalue weighted by Gasteiger charge is -2.09. The van der Waals surface area contributed by atoms with E-state index in [0.29, 0.717) is 0 Å². The van der Waals surface area contributed by atoms with Crippen LogP contribution in [0.2, 0.25) is 0 Å². The number of amides is 1. The Kier molecular flexibility index (Phi) is 7.27. The molecule has 2 rings (SSSR count). The van der Waals surface area contributed by atoms with Crippen LogP contribution < -0.4 is 10.1 Å². The Labute approximate surface area is 150 Å². The van der Waals surface area contributed by atoms with E-state index in [2.05, 4.69) is 24.4 Å². The fraction of sp³-hybridized carbons (Fsp3) is 0.318. The van der Waals surface area contributed by atoms with E-state index in [-0.39, 0.29) is 12.0 Å². The molecule has 0 aliphatic heterocycles. The van der Waals surface area contributed by atoms with Crippen molar-refractivity contribution in [2.45, 2.75) is 46.1 Å². The van der Waals surface area contributed by atoms with Gasteiger partial charge in [0, 0.05) is 11.8 Å². The van der Waals surface area contributed by atoms with Crippen LogP contribution in [0.25, 0.3) is 6.08 Å². The van der Waals surface area contributed by atoms with Crippen LogP contribution in [0.5, 0.6) is 5.75 Å². The zero-order valence-corrected chi connectivity index (χ0v) is 15.3. The lowest BCUT2D eigenvalue weighted by atomic mass is 10.1. The number of nitrogens with one attached hydrogen (secondary N) is 1. The third kappa shape index (κ3) is 6.84. The first kappa shape index (κ1) is 18.8. The Balaban J connectivity index is 1.92. The third-order valence-electron chi connectivity index (χ3n) is 3.70. The highest BCUT2D eigenvalue weighted by Gasteiger charge is 2.00. The smallest absolute Gasteiger partial charge is 0.248 e. The van der Waals surface area contributed by atoms with Gasteiger partial charge in [-0.2, -0.15) is 0 Å². The molecule has 0 aromatic heterocycles. The number of benzene rings is 2. The first-order chi connectivity index (χ1) is 12.1. The van der Waals surface area contributed by atoms with Gasteiger partial charge in [0.05, 0.1) is 6.10 Å². The van der Waals surface area contributed by atoms with Gasteiger partial charge in [0.25, 0.3) is 0 Å². The molecule has 1 N–H and O–H groups in total. The summed E-state index contributed by atoms with van der Waals surface area (Å²) in [5.74, 6) is 0.664. The van der Waals surface area contributed by atoms with Crippen molar-refractivity contribution in [3.63, 3.8) is 0 Å². The highest BCUT2D eigenvalue weighted by atomic mass is 16.5. The maximum Gasteiger partial charge on any atom is 0.248 e. The van der Waals surface area contributed by atoms with Crippen molar-refractivity contribution in [2.24, 2.45) is 0 Å². The first-order valence-electron chi connectivity index (χ1n) is 8.91. The summed E-state index contributed by atoms with van der Waals surface area (Å²) >= 11 is 0. The zero-order chi connectivity index (χ0) is 18.1. The standard InChI is InChI=1S/C22H27NO2/c1-4-5-7-18-10-13-20(14-11-18)23-22(24)15-12-19-8-6-9-21(16-19)25-17(2)3/h6,8-17H,4-5,7H2,1-3H3,(H,23,24)/b15-12+. The van der Waals surface area contributed by atoms with Crippen LogP contribution in [0.3, 0.4) is 0 Å². The van der Waals surface area contributed by atoms with Gasteiger partial charge in [-0.05, 0) is 68.2 Å². The summed E-state index contributed by atoms with van der Waals surface area (Å²) in [6, 6.07) is 15.7. The van der Waals surface area contributed by atoms with Gasteiger partial charge in [-0.1, -0.05) is 37.6 Å². The largest absolute Gasteiger partial charge is 0.491 e. The fourth-order valence-electron chi connectivity index (χ4n) is 2.46. The lowest BCUT2D eigenvalue weighted by Crippen LogP contribution is -2.07. The van der Waals surface area contributed by atoms with Crippen LogP contribution in [0.1, 0.15) is 44.7 Å². The van der Waals surface area contributed by atoms with Crippen molar-refractivity contribution < 1.29 is 9.53 Å². The van der Waals surface area contributed by atoms with E-state index in [1.165, 1.54) is 18.4 Å². The highest BCUT2D eigenvalue weighted by molar-refractivity contribution is 6.01. The summed E-state index contributed by atoms with van der Waals surface area (Å²) in [5.41, 5.74) is 3.05. The first-order valence-corrected chi connectivity index (χ1v) is 8.91. The number of carbonyl (C=O) groups excluding carboxylic acids is 1. The number of hydrogen-bond acceptors (Lipinski definition) is 2. The number of anilines is 1. The molecule has 0 saturated carbocycles. The van der Waals surface area contributed by atoms with Crippen LogP contribution in [0, 0.1) is 0 Å². The Hall–Kier alpha value is -2.55. The predicted molar refractivity (Wildman–Crippen MR) is 105 cm³/mol. The number of aryl methyl sites for hydroxylation is 1. The Morgan fingerprint density at radius 2 is 1.92 bits per heavy atom. The van der Waals surface area contributed by atoms with Gasteiger partial charge in [0.1, 0.15) is 5.75 Å². The molecule has 0 atom stereocenters. The molecule has 0 aliphatic carbocycles. The van der Waals surface area contributed by atoms with Crippen molar-refractivity contribution >= 4 is 17.7 Å². The Morgan fingerprint density at radius 3 is 2.60 bits per heavy atom. The molecule has 1 amide bonds. The van der Waals surface area contributed by atoms with Gasteiger partial charge in [0.15, 0.2) is 0 Å². The van der Waals surface area contributed by atoms with Gasteiger partial charge in [-0.3, -0.25) is 4.79 Å². The molecule has 0 spiro atoms. The van der Waals surface area contributed by atoms with Crippen LogP contribution in [-0.4, -0.2) is 12.0 Å². The molecule has 2 aromatic rings. The minimum Gasteiger partial charge on any atom is -0.491 e. The van der Waals surface area contributed by atoms with Crippen molar-refractivity contribution in [1.29, 1.82) is 0 Å². The molecule has 0 fully saturated rings. The summed E-state index contributed by atoms with van der Waals surface area (Å²) in [6.45, 7) is 6.17. The van der Waals surface area contributed by atoms with Gasteiger partial charge in [-0.25, -0.2) is 0 Å². The molecular formula is C22H27NO2. The third-order valence-corrected chi connectivity index (χ3v) is 3.70. The molecule has 0 aliphatic rings. The lowest BCUT2D eigenvalue weighted by molar-refractivity contribution is -0.111. The average Bonchev–Trinajstić information content (AvgIpc) is 2.59. The van der Waals surface area contributed by atoms with Crippen LogP contribution in [-0.2, 0) is 11.2 Å². The monoisotopic (exact) mass is 337 g/mol. The summed E-state index contributed by atoms with van der Waals surface area (Å²) in [4.78, 5) is 12.1. The second kappa shape index (κ2) is 9.67. The minimum atomic E-state index is -0.142. The maximum atomic E-state index is 12.1. The minimum absolute atomic E-state index is 0.128. The Morgan fingerprint density at radius 1 is 1.16 bits per heavy atom. The normalized spacial score (nSPS) is 11.0. The molecule has 0 unspecified atom stereocenters. The van der Waals surface area contributed by atoms with E-state index in [9.17, 15) is 4.79 Å². The second-order valence-electron chi connectivity index (χ2n) is 6.36. The summed E-state index contributed by atoms with van der Waals surface area (Å²) in [5, 5.41) is 2.89. The SMILES string of the molecule is CCCCc1ccc(NC(=O)/C=C/c2cccc(OC(C)C)c2)cc1. The molecule has 3 heteroatoms. The number of hydrogen-bond donors (Lipinski definition) is 1. The van der Waals surface area contributed by atoms with Crippen molar-refractivity contribution in [3.05, 3.63) is 65.7 Å². The second-order valence-corrected chi connectivity index (χ2v) is 6.36. The average molecular weight is 337 g/mol. The van der Waals surface area contributed by atoms with Gasteiger partial charge in [0.2, 0.25) is 5.91 Å². The molecule has 25 heavy (non-hydrogen) atoms. The fourth-order valence-corrected chi connectivity index (χ4v) is 2.46. The number of unbranched alkanes of at least 4 members (excludes halogenated alkanes) is 1. The Bertz CT molecular complexity index is 702. The van der Waals surface area contributed by atoms with Crippen molar-refractivity contribution in [3.8, 4) is 5.75 Å². The predicted octanol–water partition coefficient (Wildman–Crippen LogP) is 5.47. The van der Waals surface area contributed by atoms with E-state index in [1.54, 1.807) is 12.2 Å². The number of ether oxygens (including phenoxy) is 1. The topological polar surface area (TPSA) is 38.3 Å². The van der Waals surface area contributed by atoms with Gasteiger partial charge < -0.3 is 10.1 Å². The van der Waals surface area contributed by atoms with Crippen LogP contribution >= 0.6 is 0 Å². The molecule has 0 radical (unpaired) electrons. The van der Waals surface area contributed by atoms with Crippen LogP contribution in [0.15, 0.2) is 54.6 Å². The molecule has 132 valence electrons. The van der Waals surface area contributed by atoms with Crippen molar-refractivity contribution in [1.82, 2.24) is 0 Å². The van der Waals surface area contributed by atoms with E-state index < -0.39 is 0 Å². The van der Waals surface area contributed by atoms with E-state index >= 15 is 0 Å². The van der Waals surface area contributed by atoms with E-state index in [1.807, 2.05) is 50.2 Å². The van der Waals surface area contributed by atoms with Gasteiger partial charge >= 0.3 is 0 Å². The zero-order valence-electron chi connectivity index (χ0n) is 15.3.